The highest BCUT2D eigenvalue weighted by atomic mass is 35.5. The Bertz CT molecular complexity index is 726. The van der Waals surface area contributed by atoms with Crippen molar-refractivity contribution < 1.29 is 19.1 Å². The van der Waals surface area contributed by atoms with Gasteiger partial charge in [0.2, 0.25) is 5.91 Å². The number of anilines is 1. The topological polar surface area (TPSA) is 66.9 Å². The second kappa shape index (κ2) is 6.67. The van der Waals surface area contributed by atoms with Gasteiger partial charge in [0, 0.05) is 18.7 Å². The highest BCUT2D eigenvalue weighted by Crippen LogP contribution is 2.38. The van der Waals surface area contributed by atoms with Crippen LogP contribution in [0.1, 0.15) is 37.0 Å². The first-order valence-electron chi connectivity index (χ1n) is 8.35. The van der Waals surface area contributed by atoms with Gasteiger partial charge in [-0.15, -0.1) is 11.6 Å². The minimum Gasteiger partial charge on any atom is -0.476 e. The molecule has 0 spiro atoms. The molecule has 0 N–H and O–H groups in total. The lowest BCUT2D eigenvalue weighted by atomic mass is 10.0. The van der Waals surface area contributed by atoms with Gasteiger partial charge >= 0.3 is 0 Å². The fourth-order valence-corrected chi connectivity index (χ4v) is 3.33. The van der Waals surface area contributed by atoms with E-state index in [1.807, 2.05) is 0 Å². The fourth-order valence-electron chi connectivity index (χ4n) is 3.18. The van der Waals surface area contributed by atoms with E-state index in [2.05, 4.69) is 0 Å². The molecular weight excluding hydrogens is 344 g/mol. The first-order chi connectivity index (χ1) is 11.8. The lowest BCUT2D eigenvalue weighted by molar-refractivity contribution is -0.136. The van der Waals surface area contributed by atoms with Crippen LogP contribution in [0.15, 0.2) is 18.2 Å². The number of fused-ring (bicyclic) bond motifs is 1. The number of benzene rings is 1. The molecular formula is C18H21ClN2O4. The lowest BCUT2D eigenvalue weighted by Gasteiger charge is -2.39. The summed E-state index contributed by atoms with van der Waals surface area (Å²) in [6, 6.07) is 4.84. The van der Waals surface area contributed by atoms with Gasteiger partial charge in [-0.25, -0.2) is 0 Å². The molecule has 1 fully saturated rings. The molecule has 0 aromatic heterocycles. The van der Waals surface area contributed by atoms with Gasteiger partial charge in [-0.1, -0.05) is 0 Å². The Labute approximate surface area is 151 Å². The van der Waals surface area contributed by atoms with Crippen molar-refractivity contribution in [2.45, 2.75) is 32.3 Å². The Morgan fingerprint density at radius 3 is 2.56 bits per heavy atom. The zero-order valence-electron chi connectivity index (χ0n) is 14.4. The summed E-state index contributed by atoms with van der Waals surface area (Å²) in [5.41, 5.74) is -0.243. The van der Waals surface area contributed by atoms with Crippen LogP contribution in [0.5, 0.6) is 5.75 Å². The number of hydrogen-bond acceptors (Lipinski definition) is 4. The van der Waals surface area contributed by atoms with Gasteiger partial charge in [0.25, 0.3) is 5.91 Å². The standard InChI is InChI=1S/C18H21ClN2O4/c1-18(2)17(24)21(11-16(23)20-7-3-4-8-20)13-9-12(14(22)10-19)5-6-15(13)25-18/h5-6,9H,3-4,7-8,10-11H2,1-2H3. The van der Waals surface area contributed by atoms with Crippen LogP contribution < -0.4 is 9.64 Å². The molecule has 0 atom stereocenters. The minimum atomic E-state index is -1.07. The summed E-state index contributed by atoms with van der Waals surface area (Å²) in [4.78, 5) is 40.5. The van der Waals surface area contributed by atoms with Crippen molar-refractivity contribution in [1.82, 2.24) is 4.90 Å². The number of nitrogens with zero attached hydrogens (tertiary/aromatic N) is 2. The quantitative estimate of drug-likeness (QED) is 0.607. The lowest BCUT2D eigenvalue weighted by Crippen LogP contribution is -2.55. The van der Waals surface area contributed by atoms with Crippen LogP contribution in [0.25, 0.3) is 0 Å². The van der Waals surface area contributed by atoms with E-state index in [1.54, 1.807) is 36.9 Å². The van der Waals surface area contributed by atoms with E-state index < -0.39 is 5.60 Å². The zero-order valence-corrected chi connectivity index (χ0v) is 15.1. The van der Waals surface area contributed by atoms with Gasteiger partial charge in [-0.3, -0.25) is 19.3 Å². The Morgan fingerprint density at radius 2 is 1.92 bits per heavy atom. The molecule has 1 aromatic carbocycles. The first kappa shape index (κ1) is 17.7. The molecule has 7 heteroatoms. The number of alkyl halides is 1. The predicted octanol–water partition coefficient (Wildman–Crippen LogP) is 2.23. The summed E-state index contributed by atoms with van der Waals surface area (Å²) in [5.74, 6) is -0.310. The summed E-state index contributed by atoms with van der Waals surface area (Å²) in [5, 5.41) is 0. The minimum absolute atomic E-state index is 0.0584. The number of carbonyl (C=O) groups excluding carboxylic acids is 3. The number of halogens is 1. The van der Waals surface area contributed by atoms with Gasteiger partial charge in [0.1, 0.15) is 12.3 Å². The molecule has 2 heterocycles. The van der Waals surface area contributed by atoms with Crippen LogP contribution >= 0.6 is 11.6 Å². The number of ketones is 1. The third-order valence-electron chi connectivity index (χ3n) is 4.57. The van der Waals surface area contributed by atoms with Crippen LogP contribution in [0.2, 0.25) is 0 Å². The summed E-state index contributed by atoms with van der Waals surface area (Å²) < 4.78 is 5.78. The third kappa shape index (κ3) is 3.35. The summed E-state index contributed by atoms with van der Waals surface area (Å²) in [6.07, 6.45) is 1.97. The second-order valence-corrected chi connectivity index (χ2v) is 7.10. The average Bonchev–Trinajstić information content (AvgIpc) is 3.12. The second-order valence-electron chi connectivity index (χ2n) is 6.83. The van der Waals surface area contributed by atoms with Crippen molar-refractivity contribution in [3.05, 3.63) is 23.8 Å². The van der Waals surface area contributed by atoms with Crippen molar-refractivity contribution in [2.75, 3.05) is 30.4 Å². The number of rotatable bonds is 4. The SMILES string of the molecule is CC1(C)Oc2ccc(C(=O)CCl)cc2N(CC(=O)N2CCCC2)C1=O. The number of hydrogen-bond donors (Lipinski definition) is 0. The predicted molar refractivity (Wildman–Crippen MR) is 94.4 cm³/mol. The van der Waals surface area contributed by atoms with Gasteiger partial charge in [-0.2, -0.15) is 0 Å². The van der Waals surface area contributed by atoms with Crippen molar-refractivity contribution >= 4 is 34.9 Å². The van der Waals surface area contributed by atoms with Gasteiger partial charge in [0.15, 0.2) is 11.4 Å². The molecule has 0 aliphatic carbocycles. The number of Topliss-reactive ketones (excluding diaryl/α,β-unsaturated/α-hetero) is 1. The Hall–Kier alpha value is -2.08. The van der Waals surface area contributed by atoms with Crippen LogP contribution in [-0.4, -0.2) is 53.6 Å². The Morgan fingerprint density at radius 1 is 1.24 bits per heavy atom. The van der Waals surface area contributed by atoms with Crippen LogP contribution in [0.3, 0.4) is 0 Å². The molecule has 6 nitrogen and oxygen atoms in total. The maximum Gasteiger partial charge on any atom is 0.271 e. The smallest absolute Gasteiger partial charge is 0.271 e. The zero-order chi connectivity index (χ0) is 18.2. The highest BCUT2D eigenvalue weighted by molar-refractivity contribution is 6.30. The molecule has 3 rings (SSSR count). The Balaban J connectivity index is 1.96. The molecule has 2 aliphatic rings. The van der Waals surface area contributed by atoms with Crippen LogP contribution in [0.4, 0.5) is 5.69 Å². The molecule has 134 valence electrons. The molecule has 2 aliphatic heterocycles. The third-order valence-corrected chi connectivity index (χ3v) is 4.81. The van der Waals surface area contributed by atoms with Crippen molar-refractivity contribution in [1.29, 1.82) is 0 Å². The molecule has 0 radical (unpaired) electrons. The van der Waals surface area contributed by atoms with E-state index in [-0.39, 0.29) is 30.0 Å². The fraction of sp³-hybridized carbons (Fsp3) is 0.500. The van der Waals surface area contributed by atoms with Gasteiger partial charge < -0.3 is 9.64 Å². The van der Waals surface area contributed by atoms with Crippen molar-refractivity contribution in [2.24, 2.45) is 0 Å². The summed E-state index contributed by atoms with van der Waals surface area (Å²) in [7, 11) is 0. The van der Waals surface area contributed by atoms with E-state index in [0.29, 0.717) is 17.0 Å². The normalized spacial score (nSPS) is 18.8. The number of amides is 2. The van der Waals surface area contributed by atoms with Crippen LogP contribution in [0, 0.1) is 0 Å². The number of carbonyl (C=O) groups is 3. The molecule has 0 unspecified atom stereocenters. The van der Waals surface area contributed by atoms with E-state index >= 15 is 0 Å². The van der Waals surface area contributed by atoms with E-state index in [1.165, 1.54) is 4.90 Å². The molecule has 0 bridgehead atoms. The molecule has 25 heavy (non-hydrogen) atoms. The van der Waals surface area contributed by atoms with E-state index in [0.717, 1.165) is 25.9 Å². The van der Waals surface area contributed by atoms with Crippen molar-refractivity contribution in [3.63, 3.8) is 0 Å². The van der Waals surface area contributed by atoms with E-state index in [9.17, 15) is 14.4 Å². The molecule has 0 saturated carbocycles. The number of likely N-dealkylation sites (tertiary alicyclic amines) is 1. The Kier molecular flexibility index (Phi) is 4.73. The highest BCUT2D eigenvalue weighted by Gasteiger charge is 2.42. The first-order valence-corrected chi connectivity index (χ1v) is 8.89. The van der Waals surface area contributed by atoms with Crippen LogP contribution in [-0.2, 0) is 9.59 Å². The summed E-state index contributed by atoms with van der Waals surface area (Å²) in [6.45, 7) is 4.72. The van der Waals surface area contributed by atoms with Gasteiger partial charge in [0.05, 0.1) is 11.6 Å². The summed E-state index contributed by atoms with van der Waals surface area (Å²) >= 11 is 5.63. The maximum absolute atomic E-state index is 12.8. The number of ether oxygens (including phenoxy) is 1. The molecule has 1 aromatic rings. The monoisotopic (exact) mass is 364 g/mol. The van der Waals surface area contributed by atoms with Crippen molar-refractivity contribution in [3.8, 4) is 5.75 Å². The molecule has 2 amide bonds. The van der Waals surface area contributed by atoms with E-state index in [4.69, 9.17) is 16.3 Å². The van der Waals surface area contributed by atoms with Gasteiger partial charge in [-0.05, 0) is 44.9 Å². The maximum atomic E-state index is 12.8. The molecule has 1 saturated heterocycles. The average molecular weight is 365 g/mol. The largest absolute Gasteiger partial charge is 0.476 e.